The highest BCUT2D eigenvalue weighted by Crippen LogP contribution is 2.06. The first-order valence-corrected chi connectivity index (χ1v) is 5.20. The minimum atomic E-state index is -0.0399. The van der Waals surface area contributed by atoms with Crippen molar-refractivity contribution in [1.29, 1.82) is 0 Å². The first-order valence-electron chi connectivity index (χ1n) is 5.20. The van der Waals surface area contributed by atoms with Crippen LogP contribution >= 0.6 is 0 Å². The van der Waals surface area contributed by atoms with Gasteiger partial charge in [-0.05, 0) is 6.92 Å². The molecule has 2 heterocycles. The highest BCUT2D eigenvalue weighted by molar-refractivity contribution is 5.20. The minimum Gasteiger partial charge on any atom is -0.374 e. The average Bonchev–Trinajstić information content (AvgIpc) is 2.26. The van der Waals surface area contributed by atoms with Gasteiger partial charge in [0.25, 0.3) is 5.56 Å². The van der Waals surface area contributed by atoms with Crippen LogP contribution in [0.15, 0.2) is 4.79 Å². The molecule has 0 spiro atoms. The van der Waals surface area contributed by atoms with E-state index in [-0.39, 0.29) is 5.56 Å². The van der Waals surface area contributed by atoms with E-state index in [1.54, 1.807) is 0 Å². The van der Waals surface area contributed by atoms with E-state index in [4.69, 9.17) is 4.74 Å². The zero-order chi connectivity index (χ0) is 10.7. The minimum absolute atomic E-state index is 0.0399. The first kappa shape index (κ1) is 10.3. The Morgan fingerprint density at radius 3 is 3.20 bits per heavy atom. The van der Waals surface area contributed by atoms with Crippen LogP contribution in [-0.2, 0) is 24.3 Å². The van der Waals surface area contributed by atoms with Crippen LogP contribution in [0.4, 0.5) is 0 Å². The fourth-order valence-corrected chi connectivity index (χ4v) is 1.67. The molecule has 0 saturated heterocycles. The van der Waals surface area contributed by atoms with Gasteiger partial charge in [0.1, 0.15) is 12.4 Å². The SMILES string of the molecule is CCOCc1nc2c(c(=O)[nH]1)CNCC2. The Kier molecular flexibility index (Phi) is 3.13. The van der Waals surface area contributed by atoms with Crippen LogP contribution in [-0.4, -0.2) is 23.1 Å². The number of H-pyrrole nitrogens is 1. The summed E-state index contributed by atoms with van der Waals surface area (Å²) in [6.07, 6.45) is 0.818. The van der Waals surface area contributed by atoms with Crippen molar-refractivity contribution in [2.45, 2.75) is 26.5 Å². The maximum absolute atomic E-state index is 11.7. The van der Waals surface area contributed by atoms with E-state index in [0.29, 0.717) is 25.6 Å². The summed E-state index contributed by atoms with van der Waals surface area (Å²) < 4.78 is 5.22. The standard InChI is InChI=1S/C10H15N3O2/c1-2-15-6-9-12-8-3-4-11-5-7(8)10(14)13-9/h11H,2-6H2,1H3,(H,12,13,14). The molecule has 2 N–H and O–H groups in total. The van der Waals surface area contributed by atoms with Gasteiger partial charge >= 0.3 is 0 Å². The lowest BCUT2D eigenvalue weighted by molar-refractivity contribution is 0.128. The number of nitrogens with zero attached hydrogens (tertiary/aromatic N) is 1. The molecule has 5 heteroatoms. The van der Waals surface area contributed by atoms with Crippen molar-refractivity contribution in [3.05, 3.63) is 27.4 Å². The van der Waals surface area contributed by atoms with Crippen LogP contribution in [0.3, 0.4) is 0 Å². The highest BCUT2D eigenvalue weighted by atomic mass is 16.5. The number of aromatic nitrogens is 2. The first-order chi connectivity index (χ1) is 7.31. The molecule has 1 aliphatic heterocycles. The Bertz CT molecular complexity index is 400. The maximum Gasteiger partial charge on any atom is 0.255 e. The Labute approximate surface area is 87.9 Å². The molecule has 0 bridgehead atoms. The van der Waals surface area contributed by atoms with E-state index in [2.05, 4.69) is 15.3 Å². The van der Waals surface area contributed by atoms with Crippen LogP contribution in [0.25, 0.3) is 0 Å². The molecule has 1 aliphatic rings. The highest BCUT2D eigenvalue weighted by Gasteiger charge is 2.14. The normalized spacial score (nSPS) is 15.0. The van der Waals surface area contributed by atoms with Gasteiger partial charge in [-0.2, -0.15) is 0 Å². The van der Waals surface area contributed by atoms with Crippen molar-refractivity contribution in [3.8, 4) is 0 Å². The molecule has 0 amide bonds. The Morgan fingerprint density at radius 2 is 2.40 bits per heavy atom. The Balaban J connectivity index is 2.28. The van der Waals surface area contributed by atoms with Crippen molar-refractivity contribution in [1.82, 2.24) is 15.3 Å². The van der Waals surface area contributed by atoms with E-state index in [9.17, 15) is 4.79 Å². The van der Waals surface area contributed by atoms with Crippen LogP contribution < -0.4 is 10.9 Å². The second-order valence-corrected chi connectivity index (χ2v) is 3.50. The second-order valence-electron chi connectivity index (χ2n) is 3.50. The molecule has 0 fully saturated rings. The van der Waals surface area contributed by atoms with Crippen LogP contribution in [0.1, 0.15) is 24.0 Å². The molecule has 0 unspecified atom stereocenters. The zero-order valence-electron chi connectivity index (χ0n) is 8.80. The lowest BCUT2D eigenvalue weighted by atomic mass is 10.1. The van der Waals surface area contributed by atoms with Gasteiger partial charge in [-0.25, -0.2) is 4.98 Å². The Hall–Kier alpha value is -1.20. The van der Waals surface area contributed by atoms with Gasteiger partial charge in [-0.15, -0.1) is 0 Å². The Morgan fingerprint density at radius 1 is 1.53 bits per heavy atom. The van der Waals surface area contributed by atoms with Crippen LogP contribution in [0.2, 0.25) is 0 Å². The van der Waals surface area contributed by atoms with Gasteiger partial charge in [-0.1, -0.05) is 0 Å². The molecule has 0 aromatic carbocycles. The average molecular weight is 209 g/mol. The van der Waals surface area contributed by atoms with Crippen molar-refractivity contribution >= 4 is 0 Å². The molecule has 0 radical (unpaired) electrons. The molecule has 15 heavy (non-hydrogen) atoms. The number of aromatic amines is 1. The van der Waals surface area contributed by atoms with E-state index in [1.165, 1.54) is 0 Å². The maximum atomic E-state index is 11.7. The third-order valence-corrected chi connectivity index (χ3v) is 2.43. The lowest BCUT2D eigenvalue weighted by Gasteiger charge is -2.15. The van der Waals surface area contributed by atoms with Crippen LogP contribution in [0, 0.1) is 0 Å². The van der Waals surface area contributed by atoms with Gasteiger partial charge in [0.2, 0.25) is 0 Å². The molecule has 1 aromatic heterocycles. The lowest BCUT2D eigenvalue weighted by Crippen LogP contribution is -2.32. The van der Waals surface area contributed by atoms with Crippen molar-refractivity contribution < 1.29 is 4.74 Å². The van der Waals surface area contributed by atoms with E-state index >= 15 is 0 Å². The van der Waals surface area contributed by atoms with Crippen molar-refractivity contribution in [2.75, 3.05) is 13.2 Å². The predicted molar refractivity (Wildman–Crippen MR) is 55.6 cm³/mol. The summed E-state index contributed by atoms with van der Waals surface area (Å²) in [4.78, 5) is 18.8. The molecule has 5 nitrogen and oxygen atoms in total. The number of fused-ring (bicyclic) bond motifs is 1. The number of hydrogen-bond donors (Lipinski definition) is 2. The van der Waals surface area contributed by atoms with Crippen molar-refractivity contribution in [3.63, 3.8) is 0 Å². The van der Waals surface area contributed by atoms with Crippen LogP contribution in [0.5, 0.6) is 0 Å². The fraction of sp³-hybridized carbons (Fsp3) is 0.600. The molecule has 1 aromatic rings. The van der Waals surface area contributed by atoms with Gasteiger partial charge < -0.3 is 15.0 Å². The second kappa shape index (κ2) is 4.55. The summed E-state index contributed by atoms with van der Waals surface area (Å²) in [5, 5.41) is 3.15. The molecular formula is C10H15N3O2. The third-order valence-electron chi connectivity index (χ3n) is 2.43. The number of rotatable bonds is 3. The number of ether oxygens (including phenoxy) is 1. The summed E-state index contributed by atoms with van der Waals surface area (Å²) in [6.45, 7) is 4.43. The molecule has 0 aliphatic carbocycles. The monoisotopic (exact) mass is 209 g/mol. The topological polar surface area (TPSA) is 67.0 Å². The summed E-state index contributed by atoms with van der Waals surface area (Å²) in [6, 6.07) is 0. The molecule has 0 atom stereocenters. The third kappa shape index (κ3) is 2.24. The number of hydrogen-bond acceptors (Lipinski definition) is 4. The smallest absolute Gasteiger partial charge is 0.255 e. The van der Waals surface area contributed by atoms with E-state index in [0.717, 1.165) is 24.2 Å². The molecule has 0 saturated carbocycles. The van der Waals surface area contributed by atoms with Gasteiger partial charge in [-0.3, -0.25) is 4.79 Å². The van der Waals surface area contributed by atoms with Gasteiger partial charge in [0, 0.05) is 26.1 Å². The quantitative estimate of drug-likeness (QED) is 0.732. The summed E-state index contributed by atoms with van der Waals surface area (Å²) in [5.74, 6) is 0.627. The predicted octanol–water partition coefficient (Wildman–Crippen LogP) is -0.0479. The molecule has 2 rings (SSSR count). The summed E-state index contributed by atoms with van der Waals surface area (Å²) >= 11 is 0. The molecule has 82 valence electrons. The fourth-order valence-electron chi connectivity index (χ4n) is 1.67. The molecular weight excluding hydrogens is 194 g/mol. The number of nitrogens with one attached hydrogen (secondary N) is 2. The van der Waals surface area contributed by atoms with E-state index in [1.807, 2.05) is 6.92 Å². The summed E-state index contributed by atoms with van der Waals surface area (Å²) in [7, 11) is 0. The largest absolute Gasteiger partial charge is 0.374 e. The van der Waals surface area contributed by atoms with E-state index < -0.39 is 0 Å². The zero-order valence-corrected chi connectivity index (χ0v) is 8.80. The van der Waals surface area contributed by atoms with Gasteiger partial charge in [0.15, 0.2) is 0 Å². The van der Waals surface area contributed by atoms with Gasteiger partial charge in [0.05, 0.1) is 11.3 Å². The summed E-state index contributed by atoms with van der Waals surface area (Å²) in [5.41, 5.74) is 1.63. The van der Waals surface area contributed by atoms with Crippen molar-refractivity contribution in [2.24, 2.45) is 0 Å².